The number of amides is 1. The number of rotatable bonds is 11. The van der Waals surface area contributed by atoms with Crippen molar-refractivity contribution < 1.29 is 24.1 Å². The molecule has 2 N–H and O–H groups in total. The quantitative estimate of drug-likeness (QED) is 0.155. The topological polar surface area (TPSA) is 80.3 Å². The average molecular weight is 675 g/mol. The van der Waals surface area contributed by atoms with Gasteiger partial charge in [-0.15, -0.1) is 0 Å². The number of hydrogen-bond donors (Lipinski definition) is 2. The van der Waals surface area contributed by atoms with Gasteiger partial charge in [0.2, 0.25) is 0 Å². The van der Waals surface area contributed by atoms with Gasteiger partial charge in [0, 0.05) is 48.2 Å². The average Bonchev–Trinajstić information content (AvgIpc) is 3.39. The Labute approximate surface area is 296 Å². The van der Waals surface area contributed by atoms with Crippen LogP contribution in [0.4, 0.5) is 5.69 Å². The van der Waals surface area contributed by atoms with Crippen LogP contribution in [0.3, 0.4) is 0 Å². The zero-order valence-electron chi connectivity index (χ0n) is 30.2. The van der Waals surface area contributed by atoms with Crippen molar-refractivity contribution in [1.82, 2.24) is 5.32 Å². The molecule has 0 aromatic heterocycles. The van der Waals surface area contributed by atoms with E-state index in [-0.39, 0.29) is 18.4 Å². The van der Waals surface area contributed by atoms with E-state index >= 15 is 0 Å². The lowest BCUT2D eigenvalue weighted by Gasteiger charge is -2.35. The third-order valence-electron chi connectivity index (χ3n) is 11.0. The van der Waals surface area contributed by atoms with E-state index in [1.54, 1.807) is 14.2 Å². The summed E-state index contributed by atoms with van der Waals surface area (Å²) < 4.78 is 18.2. The first kappa shape index (κ1) is 34.0. The third-order valence-corrected chi connectivity index (χ3v) is 11.0. The van der Waals surface area contributed by atoms with Crippen LogP contribution in [0.25, 0.3) is 27.5 Å². The summed E-state index contributed by atoms with van der Waals surface area (Å²) in [4.78, 5) is 15.8. The second kappa shape index (κ2) is 14.0. The van der Waals surface area contributed by atoms with Gasteiger partial charge in [-0.3, -0.25) is 4.79 Å². The molecule has 0 radical (unpaired) electrons. The fourth-order valence-corrected chi connectivity index (χ4v) is 8.38. The zero-order chi connectivity index (χ0) is 35.0. The third kappa shape index (κ3) is 5.89. The molecule has 2 aliphatic heterocycles. The van der Waals surface area contributed by atoms with Crippen molar-refractivity contribution in [3.05, 3.63) is 88.5 Å². The van der Waals surface area contributed by atoms with Crippen LogP contribution in [0.15, 0.2) is 60.7 Å². The Morgan fingerprint density at radius 3 is 2.56 bits per heavy atom. The number of aliphatic hydroxyl groups excluding tert-OH is 1. The van der Waals surface area contributed by atoms with Crippen molar-refractivity contribution in [1.29, 1.82) is 0 Å². The predicted octanol–water partition coefficient (Wildman–Crippen LogP) is 8.51. The van der Waals surface area contributed by atoms with Gasteiger partial charge in [0.25, 0.3) is 5.91 Å². The highest BCUT2D eigenvalue weighted by molar-refractivity contribution is 6.12. The normalized spacial score (nSPS) is 17.4. The number of hydrogen-bond acceptors (Lipinski definition) is 6. The highest BCUT2D eigenvalue weighted by atomic mass is 16.5. The van der Waals surface area contributed by atoms with Crippen LogP contribution in [-0.2, 0) is 5.41 Å². The van der Waals surface area contributed by atoms with Crippen LogP contribution >= 0.6 is 0 Å². The van der Waals surface area contributed by atoms with Gasteiger partial charge in [0.1, 0.15) is 23.9 Å². The van der Waals surface area contributed by atoms with Crippen molar-refractivity contribution in [3.63, 3.8) is 0 Å². The summed E-state index contributed by atoms with van der Waals surface area (Å²) in [6.07, 6.45) is 8.69. The number of carbonyl (C=O) groups is 1. The van der Waals surface area contributed by atoms with E-state index < -0.39 is 5.41 Å². The van der Waals surface area contributed by atoms with E-state index in [4.69, 9.17) is 14.2 Å². The van der Waals surface area contributed by atoms with Crippen LogP contribution in [0.1, 0.15) is 91.9 Å². The van der Waals surface area contributed by atoms with Gasteiger partial charge in [0.05, 0.1) is 19.9 Å². The number of carbonyl (C=O) groups excluding carboxylic acids is 1. The Balaban J connectivity index is 1.43. The maximum absolute atomic E-state index is 13.4. The van der Waals surface area contributed by atoms with E-state index in [0.29, 0.717) is 18.7 Å². The van der Waals surface area contributed by atoms with Gasteiger partial charge >= 0.3 is 0 Å². The van der Waals surface area contributed by atoms with E-state index in [0.717, 1.165) is 100 Å². The molecule has 0 saturated carbocycles. The minimum absolute atomic E-state index is 0.0272. The molecular weight excluding hydrogens is 624 g/mol. The number of nitrogens with one attached hydrogen (secondary N) is 1. The standard InChI is InChI=1S/C43H50N2O5/c1-6-7-8-9-19-44-42(47)29-14-17-32-35(22-29)43(2,3)40-38(32)33-23-36(45-20-10-11-27(25-45)26-46)37(49-5)24-34(33)41-39(40)31(18-21-50-41)28-12-15-30(48-4)16-13-28/h12-18,22-24,27,46H,6-11,19-21,25-26H2,1-5H3,(H,44,47). The van der Waals surface area contributed by atoms with E-state index in [1.165, 1.54) is 24.0 Å². The molecule has 262 valence electrons. The Morgan fingerprint density at radius 2 is 1.82 bits per heavy atom. The van der Waals surface area contributed by atoms with Crippen LogP contribution < -0.4 is 24.4 Å². The molecule has 4 aromatic carbocycles. The maximum atomic E-state index is 13.4. The molecule has 1 unspecified atom stereocenters. The molecule has 1 atom stereocenters. The van der Waals surface area contributed by atoms with Crippen molar-refractivity contribution in [2.75, 3.05) is 52.0 Å². The molecule has 7 nitrogen and oxygen atoms in total. The van der Waals surface area contributed by atoms with Crippen LogP contribution in [0.2, 0.25) is 0 Å². The summed E-state index contributed by atoms with van der Waals surface area (Å²) in [5.41, 5.74) is 9.25. The Bertz CT molecular complexity index is 1940. The number of nitrogens with zero attached hydrogens (tertiary/aromatic N) is 1. The number of ether oxygens (including phenoxy) is 3. The summed E-state index contributed by atoms with van der Waals surface area (Å²) in [6, 6.07) is 18.9. The minimum Gasteiger partial charge on any atom is -0.497 e. The summed E-state index contributed by atoms with van der Waals surface area (Å²) in [7, 11) is 3.42. The van der Waals surface area contributed by atoms with E-state index in [9.17, 15) is 9.90 Å². The molecule has 1 aliphatic carbocycles. The molecule has 0 bridgehead atoms. The Hall–Kier alpha value is -4.49. The molecule has 1 fully saturated rings. The fourth-order valence-electron chi connectivity index (χ4n) is 8.38. The lowest BCUT2D eigenvalue weighted by Crippen LogP contribution is -2.37. The van der Waals surface area contributed by atoms with Gasteiger partial charge in [0.15, 0.2) is 0 Å². The molecule has 2 heterocycles. The summed E-state index contributed by atoms with van der Waals surface area (Å²) in [6.45, 7) is 9.75. The van der Waals surface area contributed by atoms with Gasteiger partial charge in [-0.05, 0) is 106 Å². The molecule has 1 amide bonds. The SMILES string of the molecule is CCCCCCNC(=O)c1ccc2c(c1)C(C)(C)c1c3c(c4cc(OC)c(N5CCCC(CO)C5)cc4c1-2)OCC=C3c1ccc(OC)cc1. The summed E-state index contributed by atoms with van der Waals surface area (Å²) >= 11 is 0. The van der Waals surface area contributed by atoms with E-state index in [2.05, 4.69) is 73.5 Å². The first-order valence-corrected chi connectivity index (χ1v) is 18.3. The van der Waals surface area contributed by atoms with Crippen LogP contribution in [-0.4, -0.2) is 58.1 Å². The smallest absolute Gasteiger partial charge is 0.251 e. The van der Waals surface area contributed by atoms with Gasteiger partial charge < -0.3 is 29.5 Å². The summed E-state index contributed by atoms with van der Waals surface area (Å²) in [5.74, 6) is 2.67. The Morgan fingerprint density at radius 1 is 1.00 bits per heavy atom. The van der Waals surface area contributed by atoms with Gasteiger partial charge in [-0.1, -0.05) is 58.2 Å². The number of methoxy groups -OCH3 is 2. The van der Waals surface area contributed by atoms with Crippen LogP contribution in [0, 0.1) is 5.92 Å². The molecular formula is C43H50N2O5. The monoisotopic (exact) mass is 674 g/mol. The van der Waals surface area contributed by atoms with Crippen molar-refractivity contribution in [2.24, 2.45) is 5.92 Å². The first-order valence-electron chi connectivity index (χ1n) is 18.3. The number of fused-ring (bicyclic) bond motifs is 8. The van der Waals surface area contributed by atoms with Crippen molar-refractivity contribution in [3.8, 4) is 28.4 Å². The first-order chi connectivity index (χ1) is 24.3. The van der Waals surface area contributed by atoms with E-state index in [1.807, 2.05) is 18.2 Å². The lowest BCUT2D eigenvalue weighted by atomic mass is 9.75. The number of anilines is 1. The number of benzene rings is 4. The number of aliphatic hydroxyl groups is 1. The van der Waals surface area contributed by atoms with Gasteiger partial charge in [-0.25, -0.2) is 0 Å². The predicted molar refractivity (Wildman–Crippen MR) is 202 cm³/mol. The highest BCUT2D eigenvalue weighted by Crippen LogP contribution is 2.59. The molecule has 3 aliphatic rings. The fraction of sp³-hybridized carbons (Fsp3) is 0.419. The second-order valence-corrected chi connectivity index (χ2v) is 14.5. The molecule has 1 saturated heterocycles. The van der Waals surface area contributed by atoms with Crippen molar-refractivity contribution in [2.45, 2.75) is 64.7 Å². The second-order valence-electron chi connectivity index (χ2n) is 14.5. The zero-order valence-corrected chi connectivity index (χ0v) is 30.2. The number of unbranched alkanes of at least 4 members (excludes halogenated alkanes) is 3. The molecule has 7 heteroatoms. The largest absolute Gasteiger partial charge is 0.497 e. The lowest BCUT2D eigenvalue weighted by molar-refractivity contribution is 0.0953. The molecule has 7 rings (SSSR count). The van der Waals surface area contributed by atoms with Crippen LogP contribution in [0.5, 0.6) is 17.2 Å². The maximum Gasteiger partial charge on any atom is 0.251 e. The molecule has 50 heavy (non-hydrogen) atoms. The minimum atomic E-state index is -0.431. The molecule has 4 aromatic rings. The summed E-state index contributed by atoms with van der Waals surface area (Å²) in [5, 5.41) is 15.3. The highest BCUT2D eigenvalue weighted by Gasteiger charge is 2.43. The Kier molecular flexibility index (Phi) is 9.53. The van der Waals surface area contributed by atoms with Gasteiger partial charge in [-0.2, -0.15) is 0 Å². The molecule has 0 spiro atoms. The van der Waals surface area contributed by atoms with Crippen molar-refractivity contribution >= 4 is 27.9 Å². The number of piperidine rings is 1.